The van der Waals surface area contributed by atoms with E-state index in [1.165, 1.54) is 40.9 Å². The van der Waals surface area contributed by atoms with Gasteiger partial charge in [0.25, 0.3) is 5.91 Å². The third-order valence-corrected chi connectivity index (χ3v) is 4.65. The van der Waals surface area contributed by atoms with Gasteiger partial charge in [0.05, 0.1) is 16.6 Å². The molecule has 27 heavy (non-hydrogen) atoms. The van der Waals surface area contributed by atoms with Crippen molar-refractivity contribution in [2.45, 2.75) is 0 Å². The summed E-state index contributed by atoms with van der Waals surface area (Å²) in [4.78, 5) is 29.1. The van der Waals surface area contributed by atoms with Gasteiger partial charge in [-0.3, -0.25) is 9.69 Å². The number of hydrogen-bond acceptors (Lipinski definition) is 6. The summed E-state index contributed by atoms with van der Waals surface area (Å²) in [5.41, 5.74) is 1.30. The van der Waals surface area contributed by atoms with Crippen molar-refractivity contribution in [1.29, 1.82) is 0 Å². The van der Waals surface area contributed by atoms with Gasteiger partial charge in [-0.25, -0.2) is 9.38 Å². The molecule has 0 atom stereocenters. The average molecular weight is 385 g/mol. The number of rotatable bonds is 5. The number of halogens is 1. The zero-order chi connectivity index (χ0) is 19.4. The van der Waals surface area contributed by atoms with E-state index in [-0.39, 0.29) is 11.7 Å². The van der Waals surface area contributed by atoms with E-state index in [4.69, 9.17) is 4.74 Å². The summed E-state index contributed by atoms with van der Waals surface area (Å²) in [5, 5.41) is 10.9. The Morgan fingerprint density at radius 3 is 2.52 bits per heavy atom. The van der Waals surface area contributed by atoms with E-state index in [0.717, 1.165) is 5.56 Å². The molecule has 0 radical (unpaired) electrons. The van der Waals surface area contributed by atoms with Crippen molar-refractivity contribution in [3.63, 3.8) is 0 Å². The highest BCUT2D eigenvalue weighted by Gasteiger charge is 2.30. The van der Waals surface area contributed by atoms with Gasteiger partial charge in [-0.15, -0.1) is 0 Å². The van der Waals surface area contributed by atoms with E-state index < -0.39 is 12.6 Å². The van der Waals surface area contributed by atoms with Crippen molar-refractivity contribution in [1.82, 2.24) is 4.90 Å². The highest BCUT2D eigenvalue weighted by molar-refractivity contribution is 8.18. The fourth-order valence-electron chi connectivity index (χ4n) is 2.23. The zero-order valence-corrected chi connectivity index (χ0v) is 15.0. The van der Waals surface area contributed by atoms with Crippen LogP contribution in [0, 0.1) is 5.82 Å². The molecule has 6 nitrogen and oxygen atoms in total. The molecule has 1 amide bonds. The minimum absolute atomic E-state index is 0.196. The molecule has 0 aromatic heterocycles. The van der Waals surface area contributed by atoms with Gasteiger partial charge in [-0.1, -0.05) is 12.1 Å². The van der Waals surface area contributed by atoms with Crippen LogP contribution in [0.25, 0.3) is 6.08 Å². The van der Waals surface area contributed by atoms with Gasteiger partial charge in [-0.05, 0) is 59.8 Å². The SMILES string of the molecule is CN1C(=O)/C(=C\c2ccc(OCC(=O)[O-])cc2)SC1=Nc1ccc(F)cc1. The van der Waals surface area contributed by atoms with Crippen molar-refractivity contribution in [2.75, 3.05) is 13.7 Å². The Kier molecular flexibility index (Phi) is 5.56. The van der Waals surface area contributed by atoms with Crippen LogP contribution in [0.2, 0.25) is 0 Å². The Morgan fingerprint density at radius 1 is 1.22 bits per heavy atom. The minimum atomic E-state index is -1.30. The number of nitrogens with zero attached hydrogens (tertiary/aromatic N) is 2. The Balaban J connectivity index is 1.75. The van der Waals surface area contributed by atoms with Crippen LogP contribution in [-0.2, 0) is 9.59 Å². The summed E-state index contributed by atoms with van der Waals surface area (Å²) in [6.07, 6.45) is 1.71. The number of benzene rings is 2. The monoisotopic (exact) mass is 385 g/mol. The second kappa shape index (κ2) is 8.05. The van der Waals surface area contributed by atoms with Crippen molar-refractivity contribution in [2.24, 2.45) is 4.99 Å². The molecule has 138 valence electrons. The zero-order valence-electron chi connectivity index (χ0n) is 14.2. The van der Waals surface area contributed by atoms with Gasteiger partial charge in [0, 0.05) is 7.05 Å². The topological polar surface area (TPSA) is 82.0 Å². The van der Waals surface area contributed by atoms with Crippen molar-refractivity contribution < 1.29 is 23.8 Å². The molecule has 2 aromatic rings. The first-order valence-corrected chi connectivity index (χ1v) is 8.68. The molecule has 1 aliphatic rings. The first-order valence-electron chi connectivity index (χ1n) is 7.87. The van der Waals surface area contributed by atoms with E-state index >= 15 is 0 Å². The molecule has 1 aliphatic heterocycles. The lowest BCUT2D eigenvalue weighted by molar-refractivity contribution is -0.307. The first kappa shape index (κ1) is 18.7. The molecule has 1 heterocycles. The van der Waals surface area contributed by atoms with Gasteiger partial charge < -0.3 is 14.6 Å². The van der Waals surface area contributed by atoms with E-state index in [0.29, 0.717) is 21.5 Å². The molecule has 0 saturated carbocycles. The summed E-state index contributed by atoms with van der Waals surface area (Å²) in [6, 6.07) is 12.3. The Morgan fingerprint density at radius 2 is 1.89 bits per heavy atom. The standard InChI is InChI=1S/C19H15FN2O4S/c1-22-18(25)16(27-19(22)21-14-6-4-13(20)5-7-14)10-12-2-8-15(9-3-12)26-11-17(23)24/h2-10H,11H2,1H3,(H,23,24)/p-1/b16-10+,21-19?. The van der Waals surface area contributed by atoms with Crippen LogP contribution in [0.1, 0.15) is 5.56 Å². The molecule has 2 aromatic carbocycles. The fraction of sp³-hybridized carbons (Fsp3) is 0.105. The molecule has 0 aliphatic carbocycles. The number of carbonyl (C=O) groups is 2. The van der Waals surface area contributed by atoms with Crippen LogP contribution >= 0.6 is 11.8 Å². The maximum Gasteiger partial charge on any atom is 0.266 e. The number of carboxylic acids is 1. The summed E-state index contributed by atoms with van der Waals surface area (Å²) in [6.45, 7) is -0.525. The maximum atomic E-state index is 13.0. The molecule has 0 N–H and O–H groups in total. The summed E-state index contributed by atoms with van der Waals surface area (Å²) >= 11 is 1.22. The first-order chi connectivity index (χ1) is 12.9. The second-order valence-electron chi connectivity index (χ2n) is 5.58. The molecule has 0 unspecified atom stereocenters. The summed E-state index contributed by atoms with van der Waals surface area (Å²) < 4.78 is 18.0. The quantitative estimate of drug-likeness (QED) is 0.737. The summed E-state index contributed by atoms with van der Waals surface area (Å²) in [7, 11) is 1.62. The van der Waals surface area contributed by atoms with Crippen LogP contribution in [0.15, 0.2) is 58.4 Å². The number of carboxylic acid groups (broad SMARTS) is 1. The van der Waals surface area contributed by atoms with Crippen molar-refractivity contribution in [3.8, 4) is 5.75 Å². The predicted octanol–water partition coefficient (Wildman–Crippen LogP) is 2.19. The fourth-order valence-corrected chi connectivity index (χ4v) is 3.22. The molecule has 1 saturated heterocycles. The number of thioether (sulfide) groups is 1. The average Bonchev–Trinajstić information content (AvgIpc) is 2.91. The van der Waals surface area contributed by atoms with Crippen molar-refractivity contribution >= 4 is 40.6 Å². The van der Waals surface area contributed by atoms with Crippen LogP contribution in [0.5, 0.6) is 5.75 Å². The Labute approximate surface area is 159 Å². The van der Waals surface area contributed by atoms with Gasteiger partial charge in [0.1, 0.15) is 18.2 Å². The highest BCUT2D eigenvalue weighted by Crippen LogP contribution is 2.33. The van der Waals surface area contributed by atoms with Gasteiger partial charge >= 0.3 is 0 Å². The molecule has 1 fully saturated rings. The number of ether oxygens (including phenoxy) is 1. The second-order valence-corrected chi connectivity index (χ2v) is 6.58. The van der Waals surface area contributed by atoms with E-state index in [9.17, 15) is 19.1 Å². The van der Waals surface area contributed by atoms with E-state index in [2.05, 4.69) is 4.99 Å². The molecule has 0 spiro atoms. The Bertz CT molecular complexity index is 924. The van der Waals surface area contributed by atoms with Crippen LogP contribution < -0.4 is 9.84 Å². The number of aliphatic imine (C=N–C) groups is 1. The van der Waals surface area contributed by atoms with E-state index in [1.807, 2.05) is 0 Å². The largest absolute Gasteiger partial charge is 0.546 e. The van der Waals surface area contributed by atoms with Gasteiger partial charge in [-0.2, -0.15) is 0 Å². The molecule has 8 heteroatoms. The lowest BCUT2D eigenvalue weighted by Gasteiger charge is -2.07. The normalized spacial score (nSPS) is 17.0. The maximum absolute atomic E-state index is 13.0. The summed E-state index contributed by atoms with van der Waals surface area (Å²) in [5.74, 6) is -1.46. The van der Waals surface area contributed by atoms with E-state index in [1.54, 1.807) is 37.4 Å². The molecule has 3 rings (SSSR count). The molecular formula is C19H14FN2O4S-. The van der Waals surface area contributed by atoms with Crippen LogP contribution in [0.3, 0.4) is 0 Å². The Hall–Kier alpha value is -3.13. The predicted molar refractivity (Wildman–Crippen MR) is 98.8 cm³/mol. The number of amidine groups is 1. The molecular weight excluding hydrogens is 371 g/mol. The highest BCUT2D eigenvalue weighted by atomic mass is 32.2. The van der Waals surface area contributed by atoms with Gasteiger partial charge in [0.15, 0.2) is 5.17 Å². The van der Waals surface area contributed by atoms with Crippen LogP contribution in [-0.4, -0.2) is 35.6 Å². The van der Waals surface area contributed by atoms with Crippen LogP contribution in [0.4, 0.5) is 10.1 Å². The number of hydrogen-bond donors (Lipinski definition) is 0. The number of amides is 1. The minimum Gasteiger partial charge on any atom is -0.546 e. The molecule has 0 bridgehead atoms. The third-order valence-electron chi connectivity index (χ3n) is 3.59. The van der Waals surface area contributed by atoms with Gasteiger partial charge in [0.2, 0.25) is 0 Å². The lowest BCUT2D eigenvalue weighted by atomic mass is 10.2. The smallest absolute Gasteiger partial charge is 0.266 e. The number of likely N-dealkylation sites (N-methyl/N-ethyl adjacent to an activating group) is 1. The van der Waals surface area contributed by atoms with Crippen molar-refractivity contribution in [3.05, 3.63) is 64.8 Å². The lowest BCUT2D eigenvalue weighted by Crippen LogP contribution is -2.28. The number of carbonyl (C=O) groups excluding carboxylic acids is 2. The third kappa shape index (κ3) is 4.73. The number of aliphatic carboxylic acids is 1.